The molecule has 0 aliphatic carbocycles. The van der Waals surface area contributed by atoms with Crippen LogP contribution in [0.2, 0.25) is 4.34 Å². The molecule has 3 aromatic rings. The molecule has 0 bridgehead atoms. The maximum Gasteiger partial charge on any atom is 0.257 e. The van der Waals surface area contributed by atoms with Crippen LogP contribution in [0.1, 0.15) is 10.6 Å². The quantitative estimate of drug-likeness (QED) is 0.777. The molecule has 0 fully saturated rings. The molecule has 3 heterocycles. The second-order valence-corrected chi connectivity index (χ2v) is 6.20. The van der Waals surface area contributed by atoms with Gasteiger partial charge in [-0.05, 0) is 43.2 Å². The molecule has 20 heavy (non-hydrogen) atoms. The van der Waals surface area contributed by atoms with E-state index < -0.39 is 0 Å². The van der Waals surface area contributed by atoms with Gasteiger partial charge in [-0.1, -0.05) is 11.6 Å². The number of rotatable bonds is 4. The normalized spacial score (nSPS) is 10.8. The first-order valence-corrected chi connectivity index (χ1v) is 7.38. The largest absolute Gasteiger partial charge is 0.329 e. The summed E-state index contributed by atoms with van der Waals surface area (Å²) in [5.41, 5.74) is 2.13. The monoisotopic (exact) mass is 305 g/mol. The summed E-state index contributed by atoms with van der Waals surface area (Å²) in [5, 5.41) is 7.17. The molecule has 3 rings (SSSR count). The predicted octanol–water partition coefficient (Wildman–Crippen LogP) is 3.27. The van der Waals surface area contributed by atoms with E-state index in [9.17, 15) is 4.79 Å². The third kappa shape index (κ3) is 2.84. The molecular weight excluding hydrogens is 294 g/mol. The molecule has 4 nitrogen and oxygen atoms in total. The van der Waals surface area contributed by atoms with Crippen LogP contribution in [0.25, 0.3) is 11.3 Å². The molecule has 2 N–H and O–H groups in total. The van der Waals surface area contributed by atoms with Crippen LogP contribution >= 0.6 is 22.9 Å². The summed E-state index contributed by atoms with van der Waals surface area (Å²) in [6, 6.07) is 9.41. The summed E-state index contributed by atoms with van der Waals surface area (Å²) in [7, 11) is 0. The van der Waals surface area contributed by atoms with E-state index in [4.69, 9.17) is 11.6 Å². The lowest BCUT2D eigenvalue weighted by atomic mass is 10.1. The van der Waals surface area contributed by atoms with Gasteiger partial charge in [-0.15, -0.1) is 11.3 Å². The molecule has 0 aliphatic heterocycles. The van der Waals surface area contributed by atoms with Gasteiger partial charge in [0, 0.05) is 16.8 Å². The molecule has 0 amide bonds. The minimum atomic E-state index is -0.129. The molecule has 0 saturated heterocycles. The van der Waals surface area contributed by atoms with Crippen molar-refractivity contribution in [2.24, 2.45) is 0 Å². The minimum absolute atomic E-state index is 0.129. The van der Waals surface area contributed by atoms with E-state index in [2.05, 4.69) is 15.2 Å². The Hall–Kier alpha value is -1.85. The lowest BCUT2D eigenvalue weighted by Crippen LogP contribution is -2.06. The van der Waals surface area contributed by atoms with Gasteiger partial charge in [-0.2, -0.15) is 5.10 Å². The zero-order valence-electron chi connectivity index (χ0n) is 10.5. The topological polar surface area (TPSA) is 61.5 Å². The Morgan fingerprint density at radius 1 is 1.25 bits per heavy atom. The van der Waals surface area contributed by atoms with Crippen molar-refractivity contribution in [1.82, 2.24) is 15.2 Å². The van der Waals surface area contributed by atoms with Gasteiger partial charge in [-0.25, -0.2) is 0 Å². The number of H-pyrrole nitrogens is 2. The van der Waals surface area contributed by atoms with E-state index in [1.807, 2.05) is 18.2 Å². The summed E-state index contributed by atoms with van der Waals surface area (Å²) in [6.07, 6.45) is 3.36. The van der Waals surface area contributed by atoms with Crippen molar-refractivity contribution in [2.45, 2.75) is 12.8 Å². The third-order valence-corrected chi connectivity index (χ3v) is 4.29. The standard InChI is InChI=1S/C14H12ClN3OS/c15-13-6-5-10(20-13)4-3-9-8-12(18-17-9)11-2-1-7-16-14(11)19/h1-2,5-8H,3-4H2,(H,16,19)(H,17,18). The van der Waals surface area contributed by atoms with Crippen molar-refractivity contribution in [3.05, 3.63) is 61.8 Å². The predicted molar refractivity (Wildman–Crippen MR) is 81.4 cm³/mol. The molecule has 0 radical (unpaired) electrons. The number of halogens is 1. The Bertz CT molecular complexity index is 774. The van der Waals surface area contributed by atoms with E-state index >= 15 is 0 Å². The molecule has 0 unspecified atom stereocenters. The number of hydrogen-bond acceptors (Lipinski definition) is 3. The Morgan fingerprint density at radius 3 is 2.90 bits per heavy atom. The first-order valence-electron chi connectivity index (χ1n) is 6.19. The highest BCUT2D eigenvalue weighted by Crippen LogP contribution is 2.23. The Kier molecular flexibility index (Phi) is 3.71. The van der Waals surface area contributed by atoms with Crippen LogP contribution in [0, 0.1) is 0 Å². The van der Waals surface area contributed by atoms with Gasteiger partial charge in [0.15, 0.2) is 0 Å². The average molecular weight is 306 g/mol. The number of thiophene rings is 1. The van der Waals surface area contributed by atoms with Gasteiger partial charge in [0.05, 0.1) is 15.6 Å². The van der Waals surface area contributed by atoms with E-state index in [0.29, 0.717) is 11.3 Å². The summed E-state index contributed by atoms with van der Waals surface area (Å²) in [5.74, 6) is 0. The zero-order chi connectivity index (χ0) is 13.9. The minimum Gasteiger partial charge on any atom is -0.329 e. The van der Waals surface area contributed by atoms with E-state index in [0.717, 1.165) is 22.9 Å². The van der Waals surface area contributed by atoms with E-state index in [1.54, 1.807) is 29.7 Å². The van der Waals surface area contributed by atoms with Crippen LogP contribution < -0.4 is 5.56 Å². The molecule has 0 aliphatic rings. The fourth-order valence-corrected chi connectivity index (χ4v) is 3.08. The van der Waals surface area contributed by atoms with E-state index in [1.165, 1.54) is 4.88 Å². The highest BCUT2D eigenvalue weighted by molar-refractivity contribution is 7.16. The molecule has 102 valence electrons. The zero-order valence-corrected chi connectivity index (χ0v) is 12.1. The van der Waals surface area contributed by atoms with Crippen LogP contribution in [-0.2, 0) is 12.8 Å². The summed E-state index contributed by atoms with van der Waals surface area (Å²) in [6.45, 7) is 0. The first-order chi connectivity index (χ1) is 9.72. The lowest BCUT2D eigenvalue weighted by molar-refractivity contribution is 0.904. The number of nitrogens with one attached hydrogen (secondary N) is 2. The Morgan fingerprint density at radius 2 is 2.15 bits per heavy atom. The molecule has 3 aromatic heterocycles. The number of aryl methyl sites for hydroxylation is 2. The molecule has 0 aromatic carbocycles. The van der Waals surface area contributed by atoms with Gasteiger partial charge < -0.3 is 4.98 Å². The van der Waals surface area contributed by atoms with Crippen molar-refractivity contribution in [3.8, 4) is 11.3 Å². The van der Waals surface area contributed by atoms with Crippen LogP contribution in [0.4, 0.5) is 0 Å². The number of aromatic amines is 2. The Labute approximate surface area is 124 Å². The van der Waals surface area contributed by atoms with Gasteiger partial charge in [0.2, 0.25) is 0 Å². The fraction of sp³-hybridized carbons (Fsp3) is 0.143. The summed E-state index contributed by atoms with van der Waals surface area (Å²) >= 11 is 7.49. The average Bonchev–Trinajstić information content (AvgIpc) is 3.06. The number of hydrogen-bond donors (Lipinski definition) is 2. The van der Waals surface area contributed by atoms with Gasteiger partial charge >= 0.3 is 0 Å². The van der Waals surface area contributed by atoms with Crippen molar-refractivity contribution < 1.29 is 0 Å². The summed E-state index contributed by atoms with van der Waals surface area (Å²) in [4.78, 5) is 15.6. The molecule has 0 saturated carbocycles. The van der Waals surface area contributed by atoms with Crippen molar-refractivity contribution in [1.29, 1.82) is 0 Å². The van der Waals surface area contributed by atoms with Crippen LogP contribution in [0.15, 0.2) is 41.3 Å². The molecule has 0 spiro atoms. The van der Waals surface area contributed by atoms with Crippen LogP contribution in [0.5, 0.6) is 0 Å². The maximum atomic E-state index is 11.7. The van der Waals surface area contributed by atoms with Gasteiger partial charge in [0.25, 0.3) is 5.56 Å². The smallest absolute Gasteiger partial charge is 0.257 e. The van der Waals surface area contributed by atoms with E-state index in [-0.39, 0.29) is 5.56 Å². The van der Waals surface area contributed by atoms with Crippen molar-refractivity contribution in [3.63, 3.8) is 0 Å². The SMILES string of the molecule is O=c1[nH]cccc1-c1cc(CCc2ccc(Cl)s2)[nH]n1. The highest BCUT2D eigenvalue weighted by Gasteiger charge is 2.07. The lowest BCUT2D eigenvalue weighted by Gasteiger charge is -1.94. The van der Waals surface area contributed by atoms with Crippen molar-refractivity contribution >= 4 is 22.9 Å². The van der Waals surface area contributed by atoms with Crippen LogP contribution in [0.3, 0.4) is 0 Å². The number of nitrogens with zero attached hydrogens (tertiary/aromatic N) is 1. The molecular formula is C14H12ClN3OS. The molecule has 6 heteroatoms. The second-order valence-electron chi connectivity index (χ2n) is 4.40. The van der Waals surface area contributed by atoms with Crippen molar-refractivity contribution in [2.75, 3.05) is 0 Å². The van der Waals surface area contributed by atoms with Crippen LogP contribution in [-0.4, -0.2) is 15.2 Å². The Balaban J connectivity index is 1.74. The second kappa shape index (κ2) is 5.64. The first kappa shape index (κ1) is 13.1. The number of aromatic nitrogens is 3. The highest BCUT2D eigenvalue weighted by atomic mass is 35.5. The maximum absolute atomic E-state index is 11.7. The number of pyridine rings is 1. The summed E-state index contributed by atoms with van der Waals surface area (Å²) < 4.78 is 0.807. The fourth-order valence-electron chi connectivity index (χ4n) is 1.99. The van der Waals surface area contributed by atoms with Gasteiger partial charge in [0.1, 0.15) is 0 Å². The third-order valence-electron chi connectivity index (χ3n) is 2.99. The molecule has 0 atom stereocenters. The van der Waals surface area contributed by atoms with Gasteiger partial charge in [-0.3, -0.25) is 9.89 Å².